The molecular weight excluding hydrogens is 176 g/mol. The van der Waals surface area contributed by atoms with E-state index in [-0.39, 0.29) is 6.29 Å². The molecule has 0 radical (unpaired) electrons. The Morgan fingerprint density at radius 3 is 2.79 bits per heavy atom. The van der Waals surface area contributed by atoms with E-state index in [0.29, 0.717) is 6.10 Å². The van der Waals surface area contributed by atoms with Gasteiger partial charge in [-0.3, -0.25) is 0 Å². The Hall–Kier alpha value is -0.860. The lowest BCUT2D eigenvalue weighted by molar-refractivity contribution is -0.206. The van der Waals surface area contributed by atoms with Gasteiger partial charge in [-0.2, -0.15) is 0 Å². The molecule has 14 heavy (non-hydrogen) atoms. The van der Waals surface area contributed by atoms with Crippen LogP contribution in [-0.2, 0) is 15.9 Å². The fourth-order valence-electron chi connectivity index (χ4n) is 1.65. The predicted molar refractivity (Wildman–Crippen MR) is 55.1 cm³/mol. The Bertz CT molecular complexity index is 271. The van der Waals surface area contributed by atoms with E-state index in [9.17, 15) is 0 Å². The monoisotopic (exact) mass is 192 g/mol. The molecule has 0 spiro atoms. The van der Waals surface area contributed by atoms with Gasteiger partial charge >= 0.3 is 0 Å². The third-order valence-corrected chi connectivity index (χ3v) is 2.46. The van der Waals surface area contributed by atoms with Crippen LogP contribution < -0.4 is 0 Å². The highest BCUT2D eigenvalue weighted by Crippen LogP contribution is 2.15. The van der Waals surface area contributed by atoms with Gasteiger partial charge < -0.3 is 9.47 Å². The van der Waals surface area contributed by atoms with Crippen molar-refractivity contribution in [3.05, 3.63) is 35.9 Å². The minimum absolute atomic E-state index is 0.0545. The first-order valence-corrected chi connectivity index (χ1v) is 5.15. The lowest BCUT2D eigenvalue weighted by Crippen LogP contribution is -2.31. The van der Waals surface area contributed by atoms with Crippen LogP contribution in [0.3, 0.4) is 0 Å². The van der Waals surface area contributed by atoms with Gasteiger partial charge in [0.05, 0.1) is 12.7 Å². The van der Waals surface area contributed by atoms with E-state index in [1.807, 2.05) is 18.2 Å². The molecule has 76 valence electrons. The average Bonchev–Trinajstić information content (AvgIpc) is 2.19. The summed E-state index contributed by atoms with van der Waals surface area (Å²) in [5.74, 6) is 0. The first kappa shape index (κ1) is 9.69. The number of benzene rings is 1. The topological polar surface area (TPSA) is 18.5 Å². The maximum absolute atomic E-state index is 5.67. The molecule has 1 aromatic carbocycles. The third-order valence-electron chi connectivity index (χ3n) is 2.46. The Kier molecular flexibility index (Phi) is 3.17. The largest absolute Gasteiger partial charge is 0.352 e. The third kappa shape index (κ3) is 2.56. The summed E-state index contributed by atoms with van der Waals surface area (Å²) in [6.07, 6.45) is 2.13. The van der Waals surface area contributed by atoms with Gasteiger partial charge in [0.2, 0.25) is 0 Å². The molecule has 1 aliphatic rings. The highest BCUT2D eigenvalue weighted by Gasteiger charge is 2.19. The van der Waals surface area contributed by atoms with Crippen molar-refractivity contribution in [3.63, 3.8) is 0 Å². The van der Waals surface area contributed by atoms with E-state index in [2.05, 4.69) is 19.1 Å². The molecule has 0 bridgehead atoms. The van der Waals surface area contributed by atoms with Gasteiger partial charge in [0.15, 0.2) is 6.29 Å². The Labute approximate surface area is 84.8 Å². The Morgan fingerprint density at radius 2 is 2.07 bits per heavy atom. The number of ether oxygens (including phenoxy) is 2. The van der Waals surface area contributed by atoms with Crippen LogP contribution in [0.2, 0.25) is 0 Å². The minimum Gasteiger partial charge on any atom is -0.352 e. The van der Waals surface area contributed by atoms with Crippen molar-refractivity contribution < 1.29 is 9.47 Å². The zero-order valence-corrected chi connectivity index (χ0v) is 8.48. The number of hydrogen-bond donors (Lipinski definition) is 0. The lowest BCUT2D eigenvalue weighted by Gasteiger charge is -2.28. The lowest BCUT2D eigenvalue weighted by atomic mass is 10.1. The van der Waals surface area contributed by atoms with Gasteiger partial charge in [-0.15, -0.1) is 0 Å². The standard InChI is InChI=1S/C12H16O2/c1-10-7-8-13-12(14-10)9-11-5-3-2-4-6-11/h2-6,10,12H,7-9H2,1H3/t10-,12-/m1/s1. The fraction of sp³-hybridized carbons (Fsp3) is 0.500. The van der Waals surface area contributed by atoms with Crippen molar-refractivity contribution in [2.24, 2.45) is 0 Å². The molecule has 1 saturated heterocycles. The predicted octanol–water partition coefficient (Wildman–Crippen LogP) is 2.38. The minimum atomic E-state index is -0.0545. The zero-order chi connectivity index (χ0) is 9.80. The van der Waals surface area contributed by atoms with E-state index in [1.165, 1.54) is 5.56 Å². The quantitative estimate of drug-likeness (QED) is 0.716. The maximum atomic E-state index is 5.67. The molecule has 2 rings (SSSR count). The van der Waals surface area contributed by atoms with Crippen LogP contribution >= 0.6 is 0 Å². The van der Waals surface area contributed by atoms with Crippen molar-refractivity contribution >= 4 is 0 Å². The van der Waals surface area contributed by atoms with Gasteiger partial charge in [0, 0.05) is 6.42 Å². The van der Waals surface area contributed by atoms with Gasteiger partial charge in [-0.05, 0) is 18.9 Å². The van der Waals surface area contributed by atoms with Crippen LogP contribution in [-0.4, -0.2) is 19.0 Å². The van der Waals surface area contributed by atoms with E-state index in [1.54, 1.807) is 0 Å². The van der Waals surface area contributed by atoms with Crippen LogP contribution in [0.25, 0.3) is 0 Å². The SMILES string of the molecule is C[C@@H]1CCO[C@@H](Cc2ccccc2)O1. The van der Waals surface area contributed by atoms with Gasteiger partial charge in [0.25, 0.3) is 0 Å². The average molecular weight is 192 g/mol. The molecular formula is C12H16O2. The van der Waals surface area contributed by atoms with Crippen LogP contribution in [0.15, 0.2) is 30.3 Å². The Balaban J connectivity index is 1.91. The van der Waals surface area contributed by atoms with Gasteiger partial charge in [0.1, 0.15) is 0 Å². The van der Waals surface area contributed by atoms with E-state index in [0.717, 1.165) is 19.4 Å². The Morgan fingerprint density at radius 1 is 1.29 bits per heavy atom. The molecule has 1 heterocycles. The van der Waals surface area contributed by atoms with Crippen LogP contribution in [0.1, 0.15) is 18.9 Å². The summed E-state index contributed by atoms with van der Waals surface area (Å²) >= 11 is 0. The van der Waals surface area contributed by atoms with Gasteiger partial charge in [-0.25, -0.2) is 0 Å². The van der Waals surface area contributed by atoms with Crippen molar-refractivity contribution in [3.8, 4) is 0 Å². The molecule has 2 atom stereocenters. The summed E-state index contributed by atoms with van der Waals surface area (Å²) in [5, 5.41) is 0. The van der Waals surface area contributed by atoms with Crippen LogP contribution in [0, 0.1) is 0 Å². The second kappa shape index (κ2) is 4.58. The number of rotatable bonds is 2. The summed E-state index contributed by atoms with van der Waals surface area (Å²) in [5.41, 5.74) is 1.27. The van der Waals surface area contributed by atoms with E-state index in [4.69, 9.17) is 9.47 Å². The summed E-state index contributed by atoms with van der Waals surface area (Å²) in [6.45, 7) is 2.92. The molecule has 0 aliphatic carbocycles. The molecule has 2 nitrogen and oxygen atoms in total. The molecule has 0 unspecified atom stereocenters. The summed E-state index contributed by atoms with van der Waals surface area (Å²) in [6, 6.07) is 10.3. The van der Waals surface area contributed by atoms with Crippen molar-refractivity contribution in [1.29, 1.82) is 0 Å². The summed E-state index contributed by atoms with van der Waals surface area (Å²) in [4.78, 5) is 0. The fourth-order valence-corrected chi connectivity index (χ4v) is 1.65. The molecule has 1 aliphatic heterocycles. The normalized spacial score (nSPS) is 27.5. The molecule has 0 aromatic heterocycles. The van der Waals surface area contributed by atoms with Crippen molar-refractivity contribution in [1.82, 2.24) is 0 Å². The first-order chi connectivity index (χ1) is 6.84. The highest BCUT2D eigenvalue weighted by atomic mass is 16.7. The smallest absolute Gasteiger partial charge is 0.161 e. The van der Waals surface area contributed by atoms with E-state index >= 15 is 0 Å². The van der Waals surface area contributed by atoms with Crippen LogP contribution in [0.5, 0.6) is 0 Å². The molecule has 1 aromatic rings. The summed E-state index contributed by atoms with van der Waals surface area (Å²) < 4.78 is 11.2. The second-order valence-electron chi connectivity index (χ2n) is 3.73. The van der Waals surface area contributed by atoms with Gasteiger partial charge in [-0.1, -0.05) is 30.3 Å². The van der Waals surface area contributed by atoms with Crippen LogP contribution in [0.4, 0.5) is 0 Å². The second-order valence-corrected chi connectivity index (χ2v) is 3.73. The zero-order valence-electron chi connectivity index (χ0n) is 8.48. The molecule has 0 amide bonds. The first-order valence-electron chi connectivity index (χ1n) is 5.15. The van der Waals surface area contributed by atoms with E-state index < -0.39 is 0 Å². The molecule has 0 saturated carbocycles. The molecule has 0 N–H and O–H groups in total. The molecule has 2 heteroatoms. The molecule has 1 fully saturated rings. The summed E-state index contributed by atoms with van der Waals surface area (Å²) in [7, 11) is 0. The number of hydrogen-bond acceptors (Lipinski definition) is 2. The van der Waals surface area contributed by atoms with Crippen molar-refractivity contribution in [2.45, 2.75) is 32.2 Å². The van der Waals surface area contributed by atoms with Crippen molar-refractivity contribution in [2.75, 3.05) is 6.61 Å². The highest BCUT2D eigenvalue weighted by molar-refractivity contribution is 5.15. The maximum Gasteiger partial charge on any atom is 0.161 e.